The second kappa shape index (κ2) is 7.66. The van der Waals surface area contributed by atoms with E-state index in [9.17, 15) is 9.59 Å². The third kappa shape index (κ3) is 4.26. The van der Waals surface area contributed by atoms with Gasteiger partial charge < -0.3 is 15.0 Å². The number of rotatable bonds is 6. The molecule has 0 aliphatic heterocycles. The Balaban J connectivity index is 1.49. The van der Waals surface area contributed by atoms with Crippen molar-refractivity contribution in [3.05, 3.63) is 71.9 Å². The molecule has 0 spiro atoms. The molecule has 2 aromatic carbocycles. The molecule has 0 saturated carbocycles. The van der Waals surface area contributed by atoms with Crippen molar-refractivity contribution in [3.8, 4) is 0 Å². The van der Waals surface area contributed by atoms with Gasteiger partial charge in [-0.1, -0.05) is 48.5 Å². The normalized spacial score (nSPS) is 11.9. The van der Waals surface area contributed by atoms with Gasteiger partial charge in [-0.3, -0.25) is 9.59 Å². The number of aromatic amines is 1. The molecule has 1 heterocycles. The molecule has 2 N–H and O–H groups in total. The molecule has 1 unspecified atom stereocenters. The summed E-state index contributed by atoms with van der Waals surface area (Å²) < 4.78 is 5.10. The zero-order valence-electron chi connectivity index (χ0n) is 14.0. The highest BCUT2D eigenvalue weighted by Gasteiger charge is 2.13. The lowest BCUT2D eigenvalue weighted by Crippen LogP contribution is -2.31. The molecule has 5 nitrogen and oxygen atoms in total. The Morgan fingerprint density at radius 3 is 2.60 bits per heavy atom. The van der Waals surface area contributed by atoms with E-state index < -0.39 is 5.97 Å². The highest BCUT2D eigenvalue weighted by atomic mass is 16.5. The van der Waals surface area contributed by atoms with Crippen molar-refractivity contribution in [2.45, 2.75) is 19.4 Å². The number of benzene rings is 2. The van der Waals surface area contributed by atoms with Crippen molar-refractivity contribution in [1.29, 1.82) is 0 Å². The Kier molecular flexibility index (Phi) is 5.14. The van der Waals surface area contributed by atoms with Crippen LogP contribution in [0.15, 0.2) is 60.8 Å². The van der Waals surface area contributed by atoms with Crippen LogP contribution in [0.4, 0.5) is 0 Å². The predicted molar refractivity (Wildman–Crippen MR) is 96.0 cm³/mol. The molecule has 0 fully saturated rings. The van der Waals surface area contributed by atoms with Gasteiger partial charge >= 0.3 is 5.97 Å². The van der Waals surface area contributed by atoms with Crippen LogP contribution in [0.1, 0.15) is 24.1 Å². The molecule has 5 heteroatoms. The highest BCUT2D eigenvalue weighted by molar-refractivity contribution is 5.88. The lowest BCUT2D eigenvalue weighted by Gasteiger charge is -2.14. The van der Waals surface area contributed by atoms with Gasteiger partial charge in [-0.05, 0) is 24.1 Å². The van der Waals surface area contributed by atoms with E-state index in [1.165, 1.54) is 0 Å². The SMILES string of the molecule is CC(NC(=O)COC(=O)Cc1c[nH]c2ccccc12)c1ccccc1. The van der Waals surface area contributed by atoms with Crippen LogP contribution in [0.3, 0.4) is 0 Å². The second-order valence-corrected chi connectivity index (χ2v) is 5.90. The molecular weight excluding hydrogens is 316 g/mol. The highest BCUT2D eigenvalue weighted by Crippen LogP contribution is 2.18. The minimum atomic E-state index is -0.424. The summed E-state index contributed by atoms with van der Waals surface area (Å²) in [7, 11) is 0. The number of amides is 1. The number of H-pyrrole nitrogens is 1. The maximum Gasteiger partial charge on any atom is 0.310 e. The van der Waals surface area contributed by atoms with Crippen LogP contribution in [-0.4, -0.2) is 23.5 Å². The van der Waals surface area contributed by atoms with Crippen molar-refractivity contribution < 1.29 is 14.3 Å². The monoisotopic (exact) mass is 336 g/mol. The topological polar surface area (TPSA) is 71.2 Å². The number of nitrogens with one attached hydrogen (secondary N) is 2. The van der Waals surface area contributed by atoms with E-state index in [0.717, 1.165) is 22.0 Å². The van der Waals surface area contributed by atoms with Gasteiger partial charge in [0.2, 0.25) is 0 Å². The number of hydrogen-bond donors (Lipinski definition) is 2. The maximum absolute atomic E-state index is 12.0. The van der Waals surface area contributed by atoms with Crippen LogP contribution in [0.25, 0.3) is 10.9 Å². The average Bonchev–Trinajstić information content (AvgIpc) is 3.04. The number of fused-ring (bicyclic) bond motifs is 1. The molecule has 1 aromatic heterocycles. The fourth-order valence-corrected chi connectivity index (χ4v) is 2.74. The third-order valence-electron chi connectivity index (χ3n) is 4.05. The van der Waals surface area contributed by atoms with E-state index in [4.69, 9.17) is 4.74 Å². The summed E-state index contributed by atoms with van der Waals surface area (Å²) >= 11 is 0. The molecule has 3 aromatic rings. The summed E-state index contributed by atoms with van der Waals surface area (Å²) in [5, 5.41) is 3.81. The van der Waals surface area contributed by atoms with Crippen molar-refractivity contribution in [2.24, 2.45) is 0 Å². The van der Waals surface area contributed by atoms with Crippen molar-refractivity contribution >= 4 is 22.8 Å². The molecule has 1 amide bonds. The predicted octanol–water partition coefficient (Wildman–Crippen LogP) is 3.13. The molecular formula is C20H20N2O3. The molecule has 1 atom stereocenters. The first-order valence-electron chi connectivity index (χ1n) is 8.18. The van der Waals surface area contributed by atoms with Gasteiger partial charge in [0.1, 0.15) is 0 Å². The van der Waals surface area contributed by atoms with Gasteiger partial charge in [-0.15, -0.1) is 0 Å². The van der Waals surface area contributed by atoms with Crippen LogP contribution in [0, 0.1) is 0 Å². The number of esters is 1. The van der Waals surface area contributed by atoms with Crippen molar-refractivity contribution in [1.82, 2.24) is 10.3 Å². The van der Waals surface area contributed by atoms with Crippen LogP contribution < -0.4 is 5.32 Å². The van der Waals surface area contributed by atoms with Crippen molar-refractivity contribution in [2.75, 3.05) is 6.61 Å². The summed E-state index contributed by atoms with van der Waals surface area (Å²) in [6, 6.07) is 17.2. The number of hydrogen-bond acceptors (Lipinski definition) is 3. The van der Waals surface area contributed by atoms with Crippen LogP contribution in [0.2, 0.25) is 0 Å². The van der Waals surface area contributed by atoms with Gasteiger partial charge in [-0.25, -0.2) is 0 Å². The van der Waals surface area contributed by atoms with Gasteiger partial charge in [0.15, 0.2) is 6.61 Å². The van der Waals surface area contributed by atoms with E-state index in [0.29, 0.717) is 0 Å². The molecule has 3 rings (SSSR count). The quantitative estimate of drug-likeness (QED) is 0.679. The lowest BCUT2D eigenvalue weighted by molar-refractivity contribution is -0.148. The zero-order chi connectivity index (χ0) is 17.6. The Hall–Kier alpha value is -3.08. The Morgan fingerprint density at radius 2 is 1.80 bits per heavy atom. The largest absolute Gasteiger partial charge is 0.455 e. The van der Waals surface area contributed by atoms with Gasteiger partial charge in [-0.2, -0.15) is 0 Å². The van der Waals surface area contributed by atoms with Crippen LogP contribution >= 0.6 is 0 Å². The number of ether oxygens (including phenoxy) is 1. The van der Waals surface area contributed by atoms with Gasteiger partial charge in [0, 0.05) is 17.1 Å². The lowest BCUT2D eigenvalue weighted by atomic mass is 10.1. The van der Waals surface area contributed by atoms with Crippen LogP contribution in [0.5, 0.6) is 0 Å². The molecule has 0 aliphatic carbocycles. The zero-order valence-corrected chi connectivity index (χ0v) is 14.0. The standard InChI is InChI=1S/C20H20N2O3/c1-14(15-7-3-2-4-8-15)22-19(23)13-25-20(24)11-16-12-21-18-10-6-5-9-17(16)18/h2-10,12,14,21H,11,13H2,1H3,(H,22,23). The summed E-state index contributed by atoms with van der Waals surface area (Å²) in [6.45, 7) is 1.61. The molecule has 0 saturated heterocycles. The van der Waals surface area contributed by atoms with E-state index in [-0.39, 0.29) is 25.0 Å². The fraction of sp³-hybridized carbons (Fsp3) is 0.200. The summed E-state index contributed by atoms with van der Waals surface area (Å²) in [4.78, 5) is 27.1. The number of aromatic nitrogens is 1. The minimum Gasteiger partial charge on any atom is -0.455 e. The summed E-state index contributed by atoms with van der Waals surface area (Å²) in [5.41, 5.74) is 2.83. The number of carbonyl (C=O) groups excluding carboxylic acids is 2. The first kappa shape index (κ1) is 16.8. The smallest absolute Gasteiger partial charge is 0.310 e. The molecule has 0 radical (unpaired) electrons. The number of para-hydroxylation sites is 1. The average molecular weight is 336 g/mol. The van der Waals surface area contributed by atoms with E-state index in [2.05, 4.69) is 10.3 Å². The molecule has 25 heavy (non-hydrogen) atoms. The summed E-state index contributed by atoms with van der Waals surface area (Å²) in [6.07, 6.45) is 1.93. The first-order valence-corrected chi connectivity index (χ1v) is 8.18. The Labute approximate surface area is 146 Å². The summed E-state index contributed by atoms with van der Waals surface area (Å²) in [5.74, 6) is -0.740. The van der Waals surface area contributed by atoms with E-state index >= 15 is 0 Å². The van der Waals surface area contributed by atoms with Gasteiger partial charge in [0.05, 0.1) is 12.5 Å². The maximum atomic E-state index is 12.0. The van der Waals surface area contributed by atoms with Crippen molar-refractivity contribution in [3.63, 3.8) is 0 Å². The second-order valence-electron chi connectivity index (χ2n) is 5.90. The van der Waals surface area contributed by atoms with E-state index in [1.54, 1.807) is 6.20 Å². The van der Waals surface area contributed by atoms with E-state index in [1.807, 2.05) is 61.5 Å². The van der Waals surface area contributed by atoms with Gasteiger partial charge in [0.25, 0.3) is 5.91 Å². The fourth-order valence-electron chi connectivity index (χ4n) is 2.74. The number of carbonyl (C=O) groups is 2. The first-order chi connectivity index (χ1) is 12.1. The molecule has 128 valence electrons. The Bertz CT molecular complexity index is 871. The minimum absolute atomic E-state index is 0.130. The van der Waals surface area contributed by atoms with Crippen LogP contribution in [-0.2, 0) is 20.7 Å². The Morgan fingerprint density at radius 1 is 1.08 bits per heavy atom. The molecule has 0 bridgehead atoms. The third-order valence-corrected chi connectivity index (χ3v) is 4.05. The molecule has 0 aliphatic rings.